The van der Waals surface area contributed by atoms with Gasteiger partial charge in [0.25, 0.3) is 0 Å². The van der Waals surface area contributed by atoms with Crippen molar-refractivity contribution in [2.75, 3.05) is 38.3 Å². The molecule has 0 bridgehead atoms. The van der Waals surface area contributed by atoms with Gasteiger partial charge in [0, 0.05) is 28.6 Å². The second kappa shape index (κ2) is 4.63. The first-order chi connectivity index (χ1) is 8.66. The second-order valence-electron chi connectivity index (χ2n) is 5.13. The largest absolute Gasteiger partial charge is 0.486 e. The third-order valence-electron chi connectivity index (χ3n) is 3.24. The van der Waals surface area contributed by atoms with E-state index in [9.17, 15) is 0 Å². The first-order valence-corrected chi connectivity index (χ1v) is 6.86. The van der Waals surface area contributed by atoms with E-state index in [0.717, 1.165) is 41.4 Å². The maximum Gasteiger partial charge on any atom is 0.163 e. The van der Waals surface area contributed by atoms with E-state index >= 15 is 0 Å². The van der Waals surface area contributed by atoms with E-state index in [0.29, 0.717) is 13.2 Å². The van der Waals surface area contributed by atoms with Crippen LogP contribution in [0.5, 0.6) is 11.5 Å². The predicted octanol–water partition coefficient (Wildman–Crippen LogP) is 2.67. The van der Waals surface area contributed by atoms with Gasteiger partial charge < -0.3 is 19.5 Å². The highest BCUT2D eigenvalue weighted by molar-refractivity contribution is 9.10. The molecule has 4 nitrogen and oxygen atoms in total. The summed E-state index contributed by atoms with van der Waals surface area (Å²) in [6.07, 6.45) is 0. The van der Waals surface area contributed by atoms with E-state index in [1.165, 1.54) is 0 Å². The van der Waals surface area contributed by atoms with Crippen molar-refractivity contribution in [1.29, 1.82) is 0 Å². The lowest BCUT2D eigenvalue weighted by Crippen LogP contribution is -2.45. The lowest BCUT2D eigenvalue weighted by Gasteiger charge is -2.38. The number of anilines is 1. The molecular weight excluding hydrogens is 298 g/mol. The van der Waals surface area contributed by atoms with Gasteiger partial charge in [-0.05, 0) is 15.9 Å². The van der Waals surface area contributed by atoms with Gasteiger partial charge in [0.1, 0.15) is 13.2 Å². The van der Waals surface area contributed by atoms with E-state index in [2.05, 4.69) is 28.2 Å². The summed E-state index contributed by atoms with van der Waals surface area (Å²) in [7, 11) is 0. The third kappa shape index (κ3) is 2.29. The number of nitrogens with one attached hydrogen (secondary N) is 1. The fourth-order valence-electron chi connectivity index (χ4n) is 2.06. The van der Waals surface area contributed by atoms with Crippen LogP contribution in [0.25, 0.3) is 0 Å². The van der Waals surface area contributed by atoms with E-state index in [-0.39, 0.29) is 5.41 Å². The van der Waals surface area contributed by atoms with Crippen LogP contribution in [0, 0.1) is 5.41 Å². The van der Waals surface area contributed by atoms with Crippen LogP contribution in [0.4, 0.5) is 5.69 Å². The van der Waals surface area contributed by atoms with Crippen molar-refractivity contribution < 1.29 is 14.2 Å². The minimum absolute atomic E-state index is 0.243. The fourth-order valence-corrected chi connectivity index (χ4v) is 2.52. The van der Waals surface area contributed by atoms with Crippen molar-refractivity contribution in [1.82, 2.24) is 0 Å². The van der Waals surface area contributed by atoms with Crippen LogP contribution in [0.1, 0.15) is 6.92 Å². The van der Waals surface area contributed by atoms with Crippen LogP contribution in [0.3, 0.4) is 0 Å². The molecule has 1 aromatic rings. The number of benzene rings is 1. The highest BCUT2D eigenvalue weighted by Gasteiger charge is 2.33. The van der Waals surface area contributed by atoms with Crippen molar-refractivity contribution in [2.45, 2.75) is 6.92 Å². The van der Waals surface area contributed by atoms with Crippen LogP contribution in [-0.4, -0.2) is 33.0 Å². The SMILES string of the molecule is CC1(CNc2cc3c(cc2Br)OCCO3)COC1. The molecule has 0 radical (unpaired) electrons. The monoisotopic (exact) mass is 313 g/mol. The Kier molecular flexibility index (Phi) is 3.11. The minimum Gasteiger partial charge on any atom is -0.486 e. The minimum atomic E-state index is 0.243. The molecule has 18 heavy (non-hydrogen) atoms. The molecule has 2 aliphatic heterocycles. The Morgan fingerprint density at radius 2 is 1.89 bits per heavy atom. The molecule has 0 atom stereocenters. The van der Waals surface area contributed by atoms with Crippen LogP contribution >= 0.6 is 15.9 Å². The van der Waals surface area contributed by atoms with E-state index in [1.54, 1.807) is 0 Å². The summed E-state index contributed by atoms with van der Waals surface area (Å²) in [5.74, 6) is 1.61. The van der Waals surface area contributed by atoms with Gasteiger partial charge in [-0.1, -0.05) is 6.92 Å². The van der Waals surface area contributed by atoms with Crippen molar-refractivity contribution in [3.8, 4) is 11.5 Å². The molecule has 1 fully saturated rings. The average molecular weight is 314 g/mol. The number of hydrogen-bond acceptors (Lipinski definition) is 4. The van der Waals surface area contributed by atoms with Crippen molar-refractivity contribution in [3.05, 3.63) is 16.6 Å². The Bertz CT molecular complexity index is 460. The van der Waals surface area contributed by atoms with E-state index in [1.807, 2.05) is 12.1 Å². The van der Waals surface area contributed by atoms with Gasteiger partial charge in [0.2, 0.25) is 0 Å². The first-order valence-electron chi connectivity index (χ1n) is 6.07. The quantitative estimate of drug-likeness (QED) is 0.931. The van der Waals surface area contributed by atoms with Crippen molar-refractivity contribution >= 4 is 21.6 Å². The molecule has 0 aliphatic carbocycles. The third-order valence-corrected chi connectivity index (χ3v) is 3.89. The van der Waals surface area contributed by atoms with E-state index in [4.69, 9.17) is 14.2 Å². The molecule has 0 spiro atoms. The van der Waals surface area contributed by atoms with Gasteiger partial charge in [0.05, 0.1) is 18.9 Å². The molecule has 1 saturated heterocycles. The molecule has 0 amide bonds. The molecule has 2 aliphatic rings. The number of ether oxygens (including phenoxy) is 3. The van der Waals surface area contributed by atoms with Crippen LogP contribution in [-0.2, 0) is 4.74 Å². The Balaban J connectivity index is 1.75. The highest BCUT2D eigenvalue weighted by Crippen LogP contribution is 2.38. The summed E-state index contributed by atoms with van der Waals surface area (Å²) >= 11 is 3.55. The maximum absolute atomic E-state index is 5.58. The summed E-state index contributed by atoms with van der Waals surface area (Å²) in [6.45, 7) is 5.98. The van der Waals surface area contributed by atoms with E-state index < -0.39 is 0 Å². The van der Waals surface area contributed by atoms with Crippen molar-refractivity contribution in [2.24, 2.45) is 5.41 Å². The van der Waals surface area contributed by atoms with Crippen LogP contribution in [0.2, 0.25) is 0 Å². The fraction of sp³-hybridized carbons (Fsp3) is 0.538. The Hall–Kier alpha value is -0.940. The van der Waals surface area contributed by atoms with Crippen molar-refractivity contribution in [3.63, 3.8) is 0 Å². The number of halogens is 1. The van der Waals surface area contributed by atoms with Gasteiger partial charge in [-0.15, -0.1) is 0 Å². The first kappa shape index (κ1) is 12.1. The Morgan fingerprint density at radius 1 is 1.22 bits per heavy atom. The maximum atomic E-state index is 5.58. The molecule has 0 saturated carbocycles. The second-order valence-corrected chi connectivity index (χ2v) is 5.99. The molecule has 2 heterocycles. The van der Waals surface area contributed by atoms with Gasteiger partial charge in [-0.25, -0.2) is 0 Å². The zero-order chi connectivity index (χ0) is 12.6. The van der Waals surface area contributed by atoms with Crippen LogP contribution < -0.4 is 14.8 Å². The summed E-state index contributed by atoms with van der Waals surface area (Å²) in [6, 6.07) is 3.94. The predicted molar refractivity (Wildman–Crippen MR) is 72.5 cm³/mol. The molecule has 0 unspecified atom stereocenters. The Morgan fingerprint density at radius 3 is 2.50 bits per heavy atom. The molecule has 1 aromatic carbocycles. The molecule has 98 valence electrons. The van der Waals surface area contributed by atoms with Gasteiger partial charge in [-0.2, -0.15) is 0 Å². The van der Waals surface area contributed by atoms with Gasteiger partial charge in [0.15, 0.2) is 11.5 Å². The Labute approximate surface area is 115 Å². The number of rotatable bonds is 3. The van der Waals surface area contributed by atoms with Gasteiger partial charge >= 0.3 is 0 Å². The standard InChI is InChI=1S/C13H16BrNO3/c1-13(7-16-8-13)6-15-10-5-12-11(4-9(10)14)17-2-3-18-12/h4-5,15H,2-3,6-8H2,1H3. The normalized spacial score (nSPS) is 20.1. The summed E-state index contributed by atoms with van der Waals surface area (Å²) < 4.78 is 17.4. The number of fused-ring (bicyclic) bond motifs is 1. The summed E-state index contributed by atoms with van der Waals surface area (Å²) in [5.41, 5.74) is 1.28. The van der Waals surface area contributed by atoms with Gasteiger partial charge in [-0.3, -0.25) is 0 Å². The zero-order valence-electron chi connectivity index (χ0n) is 10.3. The zero-order valence-corrected chi connectivity index (χ0v) is 11.9. The summed E-state index contributed by atoms with van der Waals surface area (Å²) in [5, 5.41) is 3.44. The molecule has 0 aromatic heterocycles. The molecular formula is C13H16BrNO3. The number of hydrogen-bond donors (Lipinski definition) is 1. The highest BCUT2D eigenvalue weighted by atomic mass is 79.9. The smallest absolute Gasteiger partial charge is 0.163 e. The lowest BCUT2D eigenvalue weighted by atomic mass is 9.89. The molecule has 5 heteroatoms. The molecule has 1 N–H and O–H groups in total. The molecule has 3 rings (SSSR count). The average Bonchev–Trinajstić information content (AvgIpc) is 2.34. The van der Waals surface area contributed by atoms with Crippen LogP contribution in [0.15, 0.2) is 16.6 Å². The summed E-state index contributed by atoms with van der Waals surface area (Å²) in [4.78, 5) is 0. The topological polar surface area (TPSA) is 39.7 Å². The lowest BCUT2D eigenvalue weighted by molar-refractivity contribution is -0.0924.